The van der Waals surface area contributed by atoms with Crippen molar-refractivity contribution in [3.63, 3.8) is 0 Å². The number of likely N-dealkylation sites (tertiary alicyclic amines) is 1. The van der Waals surface area contributed by atoms with E-state index in [2.05, 4.69) is 31.0 Å². The summed E-state index contributed by atoms with van der Waals surface area (Å²) in [4.78, 5) is 14.8. The van der Waals surface area contributed by atoms with Gasteiger partial charge in [-0.2, -0.15) is 0 Å². The minimum absolute atomic E-state index is 0.0218. The molecule has 2 aliphatic rings. The van der Waals surface area contributed by atoms with Gasteiger partial charge >= 0.3 is 0 Å². The van der Waals surface area contributed by atoms with Crippen molar-refractivity contribution in [3.05, 3.63) is 23.2 Å². The molecule has 3 N–H and O–H groups in total. The van der Waals surface area contributed by atoms with Crippen LogP contribution in [0.5, 0.6) is 0 Å². The molecule has 1 saturated carbocycles. The van der Waals surface area contributed by atoms with Crippen LogP contribution in [0.1, 0.15) is 40.0 Å². The van der Waals surface area contributed by atoms with Crippen molar-refractivity contribution in [3.8, 4) is 0 Å². The maximum atomic E-state index is 12.4. The maximum Gasteiger partial charge on any atom is 0.238 e. The molecule has 126 valence electrons. The van der Waals surface area contributed by atoms with Crippen molar-refractivity contribution in [2.24, 2.45) is 10.8 Å². The third kappa shape index (κ3) is 3.64. The van der Waals surface area contributed by atoms with Crippen LogP contribution in [0.25, 0.3) is 0 Å². The summed E-state index contributed by atoms with van der Waals surface area (Å²) in [6.07, 6.45) is 3.59. The Morgan fingerprint density at radius 2 is 2.13 bits per heavy atom. The van der Waals surface area contributed by atoms with Crippen molar-refractivity contribution in [1.82, 2.24) is 4.90 Å². The van der Waals surface area contributed by atoms with Gasteiger partial charge in [0.25, 0.3) is 0 Å². The van der Waals surface area contributed by atoms with Crippen LogP contribution in [0.3, 0.4) is 0 Å². The second-order valence-electron chi connectivity index (χ2n) is 8.41. The fourth-order valence-corrected chi connectivity index (χ4v) is 4.94. The summed E-state index contributed by atoms with van der Waals surface area (Å²) in [7, 11) is 0. The van der Waals surface area contributed by atoms with Crippen molar-refractivity contribution >= 4 is 28.9 Å². The number of nitrogens with zero attached hydrogens (tertiary/aromatic N) is 1. The van der Waals surface area contributed by atoms with E-state index in [1.165, 1.54) is 12.8 Å². The minimum atomic E-state index is -0.0218. The third-order valence-electron chi connectivity index (χ3n) is 5.13. The van der Waals surface area contributed by atoms with Crippen molar-refractivity contribution in [1.29, 1.82) is 0 Å². The van der Waals surface area contributed by atoms with Gasteiger partial charge in [-0.1, -0.05) is 32.4 Å². The Morgan fingerprint density at radius 1 is 1.39 bits per heavy atom. The lowest BCUT2D eigenvalue weighted by Crippen LogP contribution is -2.38. The van der Waals surface area contributed by atoms with Crippen LogP contribution in [-0.4, -0.2) is 29.9 Å². The number of hydrogen-bond acceptors (Lipinski definition) is 3. The number of hydrogen-bond donors (Lipinski definition) is 2. The summed E-state index contributed by atoms with van der Waals surface area (Å²) in [5, 5.41) is 3.41. The molecule has 1 aliphatic carbocycles. The number of anilines is 2. The summed E-state index contributed by atoms with van der Waals surface area (Å²) < 4.78 is 0. The Hall–Kier alpha value is -1.26. The highest BCUT2D eigenvalue weighted by Crippen LogP contribution is 2.52. The summed E-state index contributed by atoms with van der Waals surface area (Å²) in [5.41, 5.74) is 7.64. The zero-order chi connectivity index (χ0) is 16.8. The van der Waals surface area contributed by atoms with E-state index in [0.29, 0.717) is 39.8 Å². The number of benzene rings is 1. The van der Waals surface area contributed by atoms with Gasteiger partial charge in [0, 0.05) is 18.3 Å². The first kappa shape index (κ1) is 16.6. The van der Waals surface area contributed by atoms with Gasteiger partial charge < -0.3 is 11.1 Å². The first-order chi connectivity index (χ1) is 10.7. The SMILES string of the molecule is CC1(C)CC2CC(C)(CN2CC(=O)Nc2cc(N)ccc2Cl)C1. The normalized spacial score (nSPS) is 29.5. The lowest BCUT2D eigenvalue weighted by atomic mass is 9.65. The number of nitrogens with two attached hydrogens (primary N) is 1. The highest BCUT2D eigenvalue weighted by atomic mass is 35.5. The molecule has 1 heterocycles. The first-order valence-corrected chi connectivity index (χ1v) is 8.63. The van der Waals surface area contributed by atoms with Crippen molar-refractivity contribution in [2.45, 2.75) is 46.1 Å². The van der Waals surface area contributed by atoms with Gasteiger partial charge in [0.2, 0.25) is 5.91 Å². The summed E-state index contributed by atoms with van der Waals surface area (Å²) in [6.45, 7) is 8.45. The molecule has 0 radical (unpaired) electrons. The zero-order valence-electron chi connectivity index (χ0n) is 14.2. The molecule has 2 bridgehead atoms. The van der Waals surface area contributed by atoms with Crippen LogP contribution in [-0.2, 0) is 4.79 Å². The van der Waals surface area contributed by atoms with E-state index in [1.54, 1.807) is 18.2 Å². The van der Waals surface area contributed by atoms with Gasteiger partial charge in [0.1, 0.15) is 0 Å². The van der Waals surface area contributed by atoms with E-state index in [0.717, 1.165) is 13.0 Å². The van der Waals surface area contributed by atoms with Gasteiger partial charge in [0.05, 0.1) is 17.3 Å². The van der Waals surface area contributed by atoms with E-state index in [-0.39, 0.29) is 5.91 Å². The van der Waals surface area contributed by atoms with Crippen LogP contribution in [0.4, 0.5) is 11.4 Å². The van der Waals surface area contributed by atoms with Gasteiger partial charge in [-0.25, -0.2) is 0 Å². The Morgan fingerprint density at radius 3 is 2.87 bits per heavy atom. The molecule has 3 rings (SSSR count). The smallest absolute Gasteiger partial charge is 0.238 e. The number of carbonyl (C=O) groups is 1. The molecular weight excluding hydrogens is 310 g/mol. The average Bonchev–Trinajstić information content (AvgIpc) is 2.62. The van der Waals surface area contributed by atoms with Gasteiger partial charge in [0.15, 0.2) is 0 Å². The topological polar surface area (TPSA) is 58.4 Å². The molecule has 2 atom stereocenters. The van der Waals surface area contributed by atoms with Gasteiger partial charge in [-0.05, 0) is 48.3 Å². The average molecular weight is 336 g/mol. The number of carbonyl (C=O) groups excluding carboxylic acids is 1. The largest absolute Gasteiger partial charge is 0.399 e. The van der Waals surface area contributed by atoms with Crippen molar-refractivity contribution in [2.75, 3.05) is 24.1 Å². The van der Waals surface area contributed by atoms with Gasteiger partial charge in [-0.3, -0.25) is 9.69 Å². The predicted molar refractivity (Wildman–Crippen MR) is 95.6 cm³/mol. The summed E-state index contributed by atoms with van der Waals surface area (Å²) >= 11 is 6.12. The van der Waals surface area contributed by atoms with E-state index in [1.807, 2.05) is 0 Å². The van der Waals surface area contributed by atoms with Crippen LogP contribution >= 0.6 is 11.6 Å². The summed E-state index contributed by atoms with van der Waals surface area (Å²) in [5.74, 6) is -0.0218. The first-order valence-electron chi connectivity index (χ1n) is 8.25. The monoisotopic (exact) mass is 335 g/mol. The lowest BCUT2D eigenvalue weighted by molar-refractivity contribution is -0.117. The second-order valence-corrected chi connectivity index (χ2v) is 8.81. The highest BCUT2D eigenvalue weighted by molar-refractivity contribution is 6.33. The maximum absolute atomic E-state index is 12.4. The fraction of sp³-hybridized carbons (Fsp3) is 0.611. The highest BCUT2D eigenvalue weighted by Gasteiger charge is 2.49. The van der Waals surface area contributed by atoms with Crippen LogP contribution < -0.4 is 11.1 Å². The molecule has 4 nitrogen and oxygen atoms in total. The molecule has 2 fully saturated rings. The molecule has 1 amide bonds. The molecular formula is C18H26ClN3O. The van der Waals surface area contributed by atoms with E-state index >= 15 is 0 Å². The zero-order valence-corrected chi connectivity index (χ0v) is 14.9. The number of rotatable bonds is 3. The van der Waals surface area contributed by atoms with E-state index in [9.17, 15) is 4.79 Å². The number of fused-ring (bicyclic) bond motifs is 2. The number of amides is 1. The quantitative estimate of drug-likeness (QED) is 0.827. The number of halogens is 1. The molecule has 5 heteroatoms. The molecule has 2 unspecified atom stereocenters. The summed E-state index contributed by atoms with van der Waals surface area (Å²) in [6, 6.07) is 5.64. The molecule has 1 saturated heterocycles. The van der Waals surface area contributed by atoms with E-state index < -0.39 is 0 Å². The van der Waals surface area contributed by atoms with Crippen molar-refractivity contribution < 1.29 is 4.79 Å². The Bertz CT molecular complexity index is 631. The molecule has 0 aromatic heterocycles. The molecule has 1 aromatic rings. The van der Waals surface area contributed by atoms with Crippen LogP contribution in [0, 0.1) is 10.8 Å². The third-order valence-corrected chi connectivity index (χ3v) is 5.46. The molecule has 23 heavy (non-hydrogen) atoms. The fourth-order valence-electron chi connectivity index (χ4n) is 4.77. The molecule has 0 spiro atoms. The Balaban J connectivity index is 1.66. The van der Waals surface area contributed by atoms with Crippen LogP contribution in [0.2, 0.25) is 5.02 Å². The number of nitrogens with one attached hydrogen (secondary N) is 1. The lowest BCUT2D eigenvalue weighted by Gasteiger charge is -2.39. The predicted octanol–water partition coefficient (Wildman–Crippen LogP) is 3.76. The van der Waals surface area contributed by atoms with Gasteiger partial charge in [-0.15, -0.1) is 0 Å². The number of nitrogen functional groups attached to an aromatic ring is 1. The van der Waals surface area contributed by atoms with E-state index in [4.69, 9.17) is 17.3 Å². The Labute approximate surface area is 143 Å². The Kier molecular flexibility index (Phi) is 4.09. The second kappa shape index (κ2) is 5.67. The standard InChI is InChI=1S/C18H26ClN3O/c1-17(2)7-13-8-18(3,10-17)11-22(13)9-16(23)21-15-6-12(20)4-5-14(15)19/h4-6,13H,7-11,20H2,1-3H3,(H,21,23). The molecule has 1 aromatic carbocycles. The minimum Gasteiger partial charge on any atom is -0.399 e. The van der Waals surface area contributed by atoms with Crippen LogP contribution in [0.15, 0.2) is 18.2 Å². The molecule has 1 aliphatic heterocycles.